The van der Waals surface area contributed by atoms with Crippen LogP contribution in [0, 0.1) is 11.3 Å². The van der Waals surface area contributed by atoms with E-state index in [-0.39, 0.29) is 11.8 Å². The third-order valence-corrected chi connectivity index (χ3v) is 2.39. The molecule has 0 amide bonds. The summed E-state index contributed by atoms with van der Waals surface area (Å²) in [5, 5.41) is 21.3. The van der Waals surface area contributed by atoms with Gasteiger partial charge >= 0.3 is 0 Å². The lowest BCUT2D eigenvalue weighted by Gasteiger charge is -2.15. The summed E-state index contributed by atoms with van der Waals surface area (Å²) >= 11 is 0. The van der Waals surface area contributed by atoms with E-state index in [0.29, 0.717) is 18.7 Å². The number of phenolic OH excluding ortho intramolecular Hbond substituents is 1. The maximum Gasteiger partial charge on any atom is 0.124 e. The van der Waals surface area contributed by atoms with E-state index >= 15 is 0 Å². The van der Waals surface area contributed by atoms with Crippen molar-refractivity contribution in [3.05, 3.63) is 23.8 Å². The van der Waals surface area contributed by atoms with E-state index in [4.69, 9.17) is 10.00 Å². The summed E-state index contributed by atoms with van der Waals surface area (Å²) < 4.78 is 5.00. The van der Waals surface area contributed by atoms with Gasteiger partial charge in [0.2, 0.25) is 0 Å². The minimum atomic E-state index is 0.0132. The normalized spacial score (nSPS) is 11.8. The molecule has 0 aliphatic rings. The fourth-order valence-electron chi connectivity index (χ4n) is 1.47. The molecule has 0 aromatic heterocycles. The fourth-order valence-corrected chi connectivity index (χ4v) is 1.47. The summed E-state index contributed by atoms with van der Waals surface area (Å²) in [6.07, 6.45) is 0.460. The Bertz CT molecular complexity index is 385. The van der Waals surface area contributed by atoms with Crippen LogP contribution in [0.4, 0.5) is 0 Å². The van der Waals surface area contributed by atoms with E-state index in [1.165, 1.54) is 0 Å². The van der Waals surface area contributed by atoms with Crippen LogP contribution in [0.2, 0.25) is 0 Å². The lowest BCUT2D eigenvalue weighted by Crippen LogP contribution is -2.19. The Morgan fingerprint density at radius 2 is 2.31 bits per heavy atom. The second-order valence-corrected chi connectivity index (χ2v) is 3.51. The fraction of sp³-hybridized carbons (Fsp3) is 0.417. The average molecular weight is 220 g/mol. The molecule has 0 aliphatic carbocycles. The summed E-state index contributed by atoms with van der Waals surface area (Å²) in [7, 11) is 1.56. The number of nitrogens with one attached hydrogen (secondary N) is 1. The predicted molar refractivity (Wildman–Crippen MR) is 61.3 cm³/mol. The zero-order valence-electron chi connectivity index (χ0n) is 9.53. The quantitative estimate of drug-likeness (QED) is 0.744. The van der Waals surface area contributed by atoms with Gasteiger partial charge in [0.25, 0.3) is 0 Å². The lowest BCUT2D eigenvalue weighted by molar-refractivity contribution is 0.404. The number of aromatic hydroxyl groups is 1. The molecule has 0 aliphatic heterocycles. The molecular weight excluding hydrogens is 204 g/mol. The summed E-state index contributed by atoms with van der Waals surface area (Å²) in [6.45, 7) is 2.56. The van der Waals surface area contributed by atoms with Crippen molar-refractivity contribution in [3.63, 3.8) is 0 Å². The van der Waals surface area contributed by atoms with E-state index in [1.54, 1.807) is 19.2 Å². The van der Waals surface area contributed by atoms with Crippen molar-refractivity contribution in [1.82, 2.24) is 5.32 Å². The van der Waals surface area contributed by atoms with Crippen LogP contribution in [0.5, 0.6) is 11.5 Å². The lowest BCUT2D eigenvalue weighted by atomic mass is 10.1. The molecule has 0 heterocycles. The molecule has 0 bridgehead atoms. The van der Waals surface area contributed by atoms with Crippen molar-refractivity contribution in [2.45, 2.75) is 19.4 Å². The average Bonchev–Trinajstić information content (AvgIpc) is 2.29. The Kier molecular flexibility index (Phi) is 4.62. The molecule has 1 rings (SSSR count). The number of hydrogen-bond acceptors (Lipinski definition) is 4. The topological polar surface area (TPSA) is 65.3 Å². The Labute approximate surface area is 95.5 Å². The molecule has 1 unspecified atom stereocenters. The van der Waals surface area contributed by atoms with Crippen LogP contribution in [0.3, 0.4) is 0 Å². The number of rotatable bonds is 5. The highest BCUT2D eigenvalue weighted by Gasteiger charge is 2.10. The SMILES string of the molecule is COc1ccc(C(C)NCCC#N)c(O)c1. The second kappa shape index (κ2) is 5.99. The Balaban J connectivity index is 2.68. The molecule has 0 fully saturated rings. The van der Waals surface area contributed by atoms with Gasteiger partial charge in [-0.25, -0.2) is 0 Å². The van der Waals surface area contributed by atoms with Crippen LogP contribution in [0.25, 0.3) is 0 Å². The highest BCUT2D eigenvalue weighted by Crippen LogP contribution is 2.28. The summed E-state index contributed by atoms with van der Waals surface area (Å²) in [5.41, 5.74) is 0.804. The zero-order valence-corrected chi connectivity index (χ0v) is 9.53. The van der Waals surface area contributed by atoms with E-state index < -0.39 is 0 Å². The number of benzene rings is 1. The standard InChI is InChI=1S/C12H16N2O2/c1-9(14-7-3-6-13)11-5-4-10(16-2)8-12(11)15/h4-5,8-9,14-15H,3,7H2,1-2H3. The largest absolute Gasteiger partial charge is 0.507 e. The van der Waals surface area contributed by atoms with E-state index in [9.17, 15) is 5.11 Å². The van der Waals surface area contributed by atoms with Gasteiger partial charge in [-0.15, -0.1) is 0 Å². The smallest absolute Gasteiger partial charge is 0.124 e. The first-order chi connectivity index (χ1) is 7.69. The molecule has 1 aromatic rings. The van der Waals surface area contributed by atoms with E-state index in [0.717, 1.165) is 5.56 Å². The predicted octanol–water partition coefficient (Wildman–Crippen LogP) is 1.97. The van der Waals surface area contributed by atoms with Gasteiger partial charge < -0.3 is 15.2 Å². The number of ether oxygens (including phenoxy) is 1. The van der Waals surface area contributed by atoms with Crippen LogP contribution in [0.15, 0.2) is 18.2 Å². The van der Waals surface area contributed by atoms with Crippen LogP contribution in [-0.4, -0.2) is 18.8 Å². The van der Waals surface area contributed by atoms with Crippen LogP contribution >= 0.6 is 0 Å². The van der Waals surface area contributed by atoms with Gasteiger partial charge in [0, 0.05) is 30.6 Å². The first kappa shape index (κ1) is 12.3. The Morgan fingerprint density at radius 1 is 1.56 bits per heavy atom. The molecular formula is C12H16N2O2. The molecule has 1 atom stereocenters. The van der Waals surface area contributed by atoms with Crippen molar-refractivity contribution in [2.24, 2.45) is 0 Å². The van der Waals surface area contributed by atoms with Gasteiger partial charge in [-0.3, -0.25) is 0 Å². The summed E-state index contributed by atoms with van der Waals surface area (Å²) in [4.78, 5) is 0. The molecule has 0 radical (unpaired) electrons. The van der Waals surface area contributed by atoms with Crippen LogP contribution in [-0.2, 0) is 0 Å². The molecule has 4 nitrogen and oxygen atoms in total. The molecule has 4 heteroatoms. The van der Waals surface area contributed by atoms with Crippen molar-refractivity contribution in [1.29, 1.82) is 5.26 Å². The minimum Gasteiger partial charge on any atom is -0.507 e. The van der Waals surface area contributed by atoms with Crippen molar-refractivity contribution in [2.75, 3.05) is 13.7 Å². The molecule has 1 aromatic carbocycles. The van der Waals surface area contributed by atoms with Crippen molar-refractivity contribution >= 4 is 0 Å². The highest BCUT2D eigenvalue weighted by atomic mass is 16.5. The molecule has 0 saturated heterocycles. The molecule has 0 spiro atoms. The van der Waals surface area contributed by atoms with E-state index in [1.807, 2.05) is 13.0 Å². The van der Waals surface area contributed by atoms with Gasteiger partial charge in [-0.05, 0) is 13.0 Å². The van der Waals surface area contributed by atoms with Crippen LogP contribution in [0.1, 0.15) is 24.9 Å². The maximum atomic E-state index is 9.76. The van der Waals surface area contributed by atoms with E-state index in [2.05, 4.69) is 11.4 Å². The monoisotopic (exact) mass is 220 g/mol. The first-order valence-corrected chi connectivity index (χ1v) is 5.16. The zero-order chi connectivity index (χ0) is 12.0. The Morgan fingerprint density at radius 3 is 2.88 bits per heavy atom. The molecule has 2 N–H and O–H groups in total. The maximum absolute atomic E-state index is 9.76. The molecule has 86 valence electrons. The van der Waals surface area contributed by atoms with Gasteiger partial charge in [0.05, 0.1) is 13.2 Å². The number of phenols is 1. The van der Waals surface area contributed by atoms with Gasteiger partial charge in [-0.1, -0.05) is 6.07 Å². The third-order valence-electron chi connectivity index (χ3n) is 2.39. The van der Waals surface area contributed by atoms with Gasteiger partial charge in [-0.2, -0.15) is 5.26 Å². The number of hydrogen-bond donors (Lipinski definition) is 2. The Hall–Kier alpha value is -1.73. The summed E-state index contributed by atoms with van der Waals surface area (Å²) in [5.74, 6) is 0.835. The number of nitriles is 1. The number of nitrogens with zero attached hydrogens (tertiary/aromatic N) is 1. The number of methoxy groups -OCH3 is 1. The minimum absolute atomic E-state index is 0.0132. The van der Waals surface area contributed by atoms with Gasteiger partial charge in [0.15, 0.2) is 0 Å². The van der Waals surface area contributed by atoms with Crippen molar-refractivity contribution < 1.29 is 9.84 Å². The van der Waals surface area contributed by atoms with Gasteiger partial charge in [0.1, 0.15) is 11.5 Å². The first-order valence-electron chi connectivity index (χ1n) is 5.16. The summed E-state index contributed by atoms with van der Waals surface area (Å²) in [6, 6.07) is 7.28. The van der Waals surface area contributed by atoms with Crippen molar-refractivity contribution in [3.8, 4) is 17.6 Å². The molecule has 0 saturated carbocycles. The second-order valence-electron chi connectivity index (χ2n) is 3.51. The highest BCUT2D eigenvalue weighted by molar-refractivity contribution is 5.41. The van der Waals surface area contributed by atoms with Crippen LogP contribution < -0.4 is 10.1 Å². The third kappa shape index (κ3) is 3.14. The molecule has 16 heavy (non-hydrogen) atoms.